The highest BCUT2D eigenvalue weighted by atomic mass is 16.2. The van der Waals surface area contributed by atoms with Gasteiger partial charge in [0.05, 0.1) is 6.54 Å². The first-order valence-corrected chi connectivity index (χ1v) is 6.51. The van der Waals surface area contributed by atoms with Crippen LogP contribution in [0.5, 0.6) is 0 Å². The SMILES string of the molecule is CC(C)(C)NC(=O)CN1CCCCCCC1. The van der Waals surface area contributed by atoms with Crippen molar-refractivity contribution in [1.82, 2.24) is 10.2 Å². The predicted molar refractivity (Wildman–Crippen MR) is 67.4 cm³/mol. The van der Waals surface area contributed by atoms with E-state index in [0.717, 1.165) is 13.1 Å². The molecular weight excluding hydrogens is 200 g/mol. The molecule has 1 heterocycles. The number of nitrogens with one attached hydrogen (secondary N) is 1. The quantitative estimate of drug-likeness (QED) is 0.782. The summed E-state index contributed by atoms with van der Waals surface area (Å²) in [5.74, 6) is 0.160. The summed E-state index contributed by atoms with van der Waals surface area (Å²) >= 11 is 0. The second-order valence-electron chi connectivity index (χ2n) is 5.84. The number of amides is 1. The molecule has 16 heavy (non-hydrogen) atoms. The Morgan fingerprint density at radius 1 is 1.06 bits per heavy atom. The number of nitrogens with zero attached hydrogens (tertiary/aromatic N) is 1. The Balaban J connectivity index is 2.30. The number of carbonyl (C=O) groups is 1. The lowest BCUT2D eigenvalue weighted by atomic mass is 10.1. The van der Waals surface area contributed by atoms with Crippen molar-refractivity contribution in [2.75, 3.05) is 19.6 Å². The van der Waals surface area contributed by atoms with Crippen molar-refractivity contribution >= 4 is 5.91 Å². The molecule has 0 spiro atoms. The predicted octanol–water partition coefficient (Wildman–Crippen LogP) is 2.17. The monoisotopic (exact) mass is 226 g/mol. The van der Waals surface area contributed by atoms with Gasteiger partial charge < -0.3 is 5.32 Å². The lowest BCUT2D eigenvalue weighted by Crippen LogP contribution is -2.46. The van der Waals surface area contributed by atoms with Gasteiger partial charge in [-0.15, -0.1) is 0 Å². The van der Waals surface area contributed by atoms with Gasteiger partial charge >= 0.3 is 0 Å². The second-order valence-corrected chi connectivity index (χ2v) is 5.84. The maximum atomic E-state index is 11.8. The minimum absolute atomic E-state index is 0.111. The zero-order chi connectivity index (χ0) is 12.0. The molecule has 1 aliphatic rings. The molecule has 1 amide bonds. The average molecular weight is 226 g/mol. The number of carbonyl (C=O) groups excluding carboxylic acids is 1. The molecule has 1 fully saturated rings. The van der Waals surface area contributed by atoms with E-state index in [9.17, 15) is 4.79 Å². The van der Waals surface area contributed by atoms with E-state index in [4.69, 9.17) is 0 Å². The first-order valence-electron chi connectivity index (χ1n) is 6.51. The first-order chi connectivity index (χ1) is 7.47. The molecule has 0 saturated carbocycles. The highest BCUT2D eigenvalue weighted by Crippen LogP contribution is 2.10. The van der Waals surface area contributed by atoms with E-state index in [1.807, 2.05) is 20.8 Å². The summed E-state index contributed by atoms with van der Waals surface area (Å²) in [7, 11) is 0. The van der Waals surface area contributed by atoms with Crippen LogP contribution in [0.2, 0.25) is 0 Å². The second kappa shape index (κ2) is 6.24. The van der Waals surface area contributed by atoms with E-state index in [-0.39, 0.29) is 11.4 Å². The van der Waals surface area contributed by atoms with Crippen LogP contribution in [0.15, 0.2) is 0 Å². The molecule has 0 unspecified atom stereocenters. The molecule has 3 nitrogen and oxygen atoms in total. The standard InChI is InChI=1S/C13H26N2O/c1-13(2,3)14-12(16)11-15-9-7-5-4-6-8-10-15/h4-11H2,1-3H3,(H,14,16). The van der Waals surface area contributed by atoms with Gasteiger partial charge in [-0.3, -0.25) is 9.69 Å². The Bertz CT molecular complexity index is 212. The van der Waals surface area contributed by atoms with Crippen LogP contribution in [0.25, 0.3) is 0 Å². The molecule has 1 saturated heterocycles. The van der Waals surface area contributed by atoms with Crippen LogP contribution < -0.4 is 5.32 Å². The summed E-state index contributed by atoms with van der Waals surface area (Å²) in [6.07, 6.45) is 6.47. The molecule has 3 heteroatoms. The van der Waals surface area contributed by atoms with Gasteiger partial charge in [-0.05, 0) is 46.7 Å². The molecule has 1 aliphatic heterocycles. The van der Waals surface area contributed by atoms with Gasteiger partial charge in [-0.2, -0.15) is 0 Å². The topological polar surface area (TPSA) is 32.3 Å². The summed E-state index contributed by atoms with van der Waals surface area (Å²) in [5, 5.41) is 3.02. The van der Waals surface area contributed by atoms with Crippen molar-refractivity contribution in [3.05, 3.63) is 0 Å². The van der Waals surface area contributed by atoms with Gasteiger partial charge in [0.25, 0.3) is 0 Å². The molecule has 0 atom stereocenters. The highest BCUT2D eigenvalue weighted by molar-refractivity contribution is 5.78. The van der Waals surface area contributed by atoms with Gasteiger partial charge in [-0.25, -0.2) is 0 Å². The van der Waals surface area contributed by atoms with Crippen molar-refractivity contribution in [3.8, 4) is 0 Å². The summed E-state index contributed by atoms with van der Waals surface area (Å²) in [5.41, 5.74) is -0.111. The molecule has 0 aliphatic carbocycles. The van der Waals surface area contributed by atoms with Gasteiger partial charge in [0.2, 0.25) is 5.91 Å². The van der Waals surface area contributed by atoms with Crippen LogP contribution in [0.3, 0.4) is 0 Å². The van der Waals surface area contributed by atoms with E-state index in [2.05, 4.69) is 10.2 Å². The van der Waals surface area contributed by atoms with Gasteiger partial charge in [-0.1, -0.05) is 19.3 Å². The fourth-order valence-electron chi connectivity index (χ4n) is 2.13. The van der Waals surface area contributed by atoms with E-state index in [1.54, 1.807) is 0 Å². The van der Waals surface area contributed by atoms with E-state index >= 15 is 0 Å². The Kier molecular flexibility index (Phi) is 5.26. The summed E-state index contributed by atoms with van der Waals surface area (Å²) in [6, 6.07) is 0. The summed E-state index contributed by atoms with van der Waals surface area (Å²) in [4.78, 5) is 14.1. The minimum atomic E-state index is -0.111. The Labute approximate surface area is 99.6 Å². The Morgan fingerprint density at radius 2 is 1.56 bits per heavy atom. The molecule has 0 bridgehead atoms. The minimum Gasteiger partial charge on any atom is -0.350 e. The van der Waals surface area contributed by atoms with Crippen LogP contribution in [0.1, 0.15) is 52.9 Å². The fraction of sp³-hybridized carbons (Fsp3) is 0.923. The summed E-state index contributed by atoms with van der Waals surface area (Å²) < 4.78 is 0. The smallest absolute Gasteiger partial charge is 0.234 e. The van der Waals surface area contributed by atoms with Gasteiger partial charge in [0, 0.05) is 5.54 Å². The van der Waals surface area contributed by atoms with Crippen molar-refractivity contribution in [2.45, 2.75) is 58.4 Å². The lowest BCUT2D eigenvalue weighted by Gasteiger charge is -2.26. The van der Waals surface area contributed by atoms with Crippen molar-refractivity contribution < 1.29 is 4.79 Å². The van der Waals surface area contributed by atoms with E-state index in [0.29, 0.717) is 6.54 Å². The third-order valence-corrected chi connectivity index (χ3v) is 2.83. The van der Waals surface area contributed by atoms with Crippen LogP contribution in [0.4, 0.5) is 0 Å². The van der Waals surface area contributed by atoms with Crippen molar-refractivity contribution in [1.29, 1.82) is 0 Å². The molecule has 94 valence electrons. The molecule has 0 aromatic heterocycles. The molecule has 0 aromatic rings. The van der Waals surface area contributed by atoms with E-state index < -0.39 is 0 Å². The van der Waals surface area contributed by atoms with Gasteiger partial charge in [0.1, 0.15) is 0 Å². The van der Waals surface area contributed by atoms with Crippen LogP contribution in [-0.4, -0.2) is 36.0 Å². The molecule has 0 radical (unpaired) electrons. The fourth-order valence-corrected chi connectivity index (χ4v) is 2.13. The van der Waals surface area contributed by atoms with Crippen LogP contribution >= 0.6 is 0 Å². The maximum Gasteiger partial charge on any atom is 0.234 e. The Morgan fingerprint density at radius 3 is 2.06 bits per heavy atom. The van der Waals surface area contributed by atoms with Crippen LogP contribution in [-0.2, 0) is 4.79 Å². The highest BCUT2D eigenvalue weighted by Gasteiger charge is 2.17. The molecule has 1 N–H and O–H groups in total. The normalized spacial score (nSPS) is 19.9. The summed E-state index contributed by atoms with van der Waals surface area (Å²) in [6.45, 7) is 8.81. The molecule has 0 aromatic carbocycles. The van der Waals surface area contributed by atoms with Crippen molar-refractivity contribution in [2.24, 2.45) is 0 Å². The van der Waals surface area contributed by atoms with Crippen LogP contribution in [0, 0.1) is 0 Å². The number of hydrogen-bond acceptors (Lipinski definition) is 2. The number of likely N-dealkylation sites (tertiary alicyclic amines) is 1. The lowest BCUT2D eigenvalue weighted by molar-refractivity contribution is -0.123. The maximum absolute atomic E-state index is 11.8. The molecular formula is C13H26N2O. The van der Waals surface area contributed by atoms with E-state index in [1.165, 1.54) is 32.1 Å². The average Bonchev–Trinajstić information content (AvgIpc) is 2.06. The third kappa shape index (κ3) is 6.11. The molecule has 1 rings (SSSR count). The zero-order valence-corrected chi connectivity index (χ0v) is 11.0. The largest absolute Gasteiger partial charge is 0.350 e. The zero-order valence-electron chi connectivity index (χ0n) is 11.0. The first kappa shape index (κ1) is 13.5. The number of rotatable bonds is 2. The number of hydrogen-bond donors (Lipinski definition) is 1. The third-order valence-electron chi connectivity index (χ3n) is 2.83. The van der Waals surface area contributed by atoms with Crippen molar-refractivity contribution in [3.63, 3.8) is 0 Å². The van der Waals surface area contributed by atoms with Gasteiger partial charge in [0.15, 0.2) is 0 Å². The Hall–Kier alpha value is -0.570.